The van der Waals surface area contributed by atoms with Crippen LogP contribution >= 0.6 is 11.6 Å². The van der Waals surface area contributed by atoms with Crippen molar-refractivity contribution >= 4 is 11.6 Å². The van der Waals surface area contributed by atoms with Crippen LogP contribution < -0.4 is 0 Å². The van der Waals surface area contributed by atoms with E-state index in [1.807, 2.05) is 0 Å². The second-order valence-corrected chi connectivity index (χ2v) is 7.02. The van der Waals surface area contributed by atoms with Gasteiger partial charge in [0.05, 0.1) is 0 Å². The summed E-state index contributed by atoms with van der Waals surface area (Å²) in [5.74, 6) is 0.825. The van der Waals surface area contributed by atoms with E-state index in [-0.39, 0.29) is 5.54 Å². The van der Waals surface area contributed by atoms with E-state index in [4.69, 9.17) is 11.6 Å². The molecule has 2 unspecified atom stereocenters. The van der Waals surface area contributed by atoms with Crippen molar-refractivity contribution in [3.8, 4) is 0 Å². The smallest absolute Gasteiger partial charge is 0.0463 e. The van der Waals surface area contributed by atoms with Crippen LogP contribution in [-0.4, -0.2) is 18.0 Å². The number of hydrogen-bond acceptors (Lipinski definition) is 1. The van der Waals surface area contributed by atoms with Gasteiger partial charge in [-0.3, -0.25) is 4.90 Å². The Bertz CT molecular complexity index is 437. The summed E-state index contributed by atoms with van der Waals surface area (Å²) in [6, 6.07) is 9.41. The first-order chi connectivity index (χ1) is 9.12. The summed E-state index contributed by atoms with van der Waals surface area (Å²) in [5, 5.41) is 0.844. The molecule has 2 atom stereocenters. The Balaban J connectivity index is 1.97. The molecular weight excluding hydrogens is 254 g/mol. The Labute approximate surface area is 121 Å². The lowest BCUT2D eigenvalue weighted by Gasteiger charge is -2.47. The van der Waals surface area contributed by atoms with Crippen molar-refractivity contribution in [1.82, 2.24) is 4.90 Å². The largest absolute Gasteiger partial charge is 0.294 e. The number of halogens is 1. The SMILES string of the molecule is CC1CCCC(c2ccc(Cl)cc2)(N(C)C2CC2)C1. The Morgan fingerprint density at radius 3 is 2.42 bits per heavy atom. The van der Waals surface area contributed by atoms with Gasteiger partial charge in [-0.15, -0.1) is 0 Å². The molecule has 2 heteroatoms. The molecule has 0 heterocycles. The van der Waals surface area contributed by atoms with Gasteiger partial charge in [0.2, 0.25) is 0 Å². The lowest BCUT2D eigenvalue weighted by atomic mass is 9.71. The molecule has 0 aliphatic heterocycles. The molecule has 1 nitrogen and oxygen atoms in total. The van der Waals surface area contributed by atoms with E-state index in [9.17, 15) is 0 Å². The van der Waals surface area contributed by atoms with Crippen molar-refractivity contribution in [1.29, 1.82) is 0 Å². The maximum absolute atomic E-state index is 6.07. The molecule has 2 fully saturated rings. The van der Waals surface area contributed by atoms with Gasteiger partial charge in [-0.25, -0.2) is 0 Å². The van der Waals surface area contributed by atoms with Crippen molar-refractivity contribution in [3.05, 3.63) is 34.9 Å². The number of rotatable bonds is 3. The van der Waals surface area contributed by atoms with Gasteiger partial charge in [0.1, 0.15) is 0 Å². The van der Waals surface area contributed by atoms with Crippen molar-refractivity contribution in [2.45, 2.75) is 57.0 Å². The van der Waals surface area contributed by atoms with Crippen LogP contribution in [0.15, 0.2) is 24.3 Å². The highest BCUT2D eigenvalue weighted by molar-refractivity contribution is 6.30. The fourth-order valence-corrected chi connectivity index (χ4v) is 4.01. The number of nitrogens with zero attached hydrogens (tertiary/aromatic N) is 1. The summed E-state index contributed by atoms with van der Waals surface area (Å²) in [4.78, 5) is 2.67. The monoisotopic (exact) mass is 277 g/mol. The first kappa shape index (κ1) is 13.5. The fraction of sp³-hybridized carbons (Fsp3) is 0.647. The van der Waals surface area contributed by atoms with E-state index in [0.717, 1.165) is 17.0 Å². The molecular formula is C17H24ClN. The average molecular weight is 278 g/mol. The summed E-state index contributed by atoms with van der Waals surface area (Å²) >= 11 is 6.07. The molecule has 2 aliphatic rings. The summed E-state index contributed by atoms with van der Waals surface area (Å²) in [7, 11) is 2.34. The molecule has 0 radical (unpaired) electrons. The second kappa shape index (κ2) is 5.10. The molecule has 0 bridgehead atoms. The topological polar surface area (TPSA) is 3.24 Å². The highest BCUT2D eigenvalue weighted by Crippen LogP contribution is 2.47. The molecule has 0 amide bonds. The highest BCUT2D eigenvalue weighted by atomic mass is 35.5. The zero-order chi connectivity index (χ0) is 13.5. The Morgan fingerprint density at radius 1 is 1.16 bits per heavy atom. The lowest BCUT2D eigenvalue weighted by molar-refractivity contribution is 0.0446. The zero-order valence-corrected chi connectivity index (χ0v) is 12.8. The third-order valence-electron chi connectivity index (χ3n) is 5.12. The third-order valence-corrected chi connectivity index (χ3v) is 5.38. The van der Waals surface area contributed by atoms with Crippen LogP contribution in [0.1, 0.15) is 51.0 Å². The van der Waals surface area contributed by atoms with E-state index in [0.29, 0.717) is 0 Å². The quantitative estimate of drug-likeness (QED) is 0.764. The lowest BCUT2D eigenvalue weighted by Crippen LogP contribution is -2.48. The van der Waals surface area contributed by atoms with Crippen LogP contribution in [0.3, 0.4) is 0 Å². The summed E-state index contributed by atoms with van der Waals surface area (Å²) < 4.78 is 0. The van der Waals surface area contributed by atoms with Crippen LogP contribution in [0.2, 0.25) is 5.02 Å². The maximum atomic E-state index is 6.07. The van der Waals surface area contributed by atoms with Crippen molar-refractivity contribution in [2.75, 3.05) is 7.05 Å². The van der Waals surface area contributed by atoms with Gasteiger partial charge in [-0.05, 0) is 56.3 Å². The van der Waals surface area contributed by atoms with Gasteiger partial charge in [-0.2, -0.15) is 0 Å². The summed E-state index contributed by atoms with van der Waals surface area (Å²) in [6.45, 7) is 2.41. The van der Waals surface area contributed by atoms with Crippen LogP contribution in [-0.2, 0) is 5.54 Å². The average Bonchev–Trinajstić information content (AvgIpc) is 3.22. The third kappa shape index (κ3) is 2.55. The maximum Gasteiger partial charge on any atom is 0.0463 e. The van der Waals surface area contributed by atoms with Crippen LogP contribution in [0.4, 0.5) is 0 Å². The van der Waals surface area contributed by atoms with Gasteiger partial charge in [0.15, 0.2) is 0 Å². The molecule has 0 saturated heterocycles. The van der Waals surface area contributed by atoms with Gasteiger partial charge < -0.3 is 0 Å². The Kier molecular flexibility index (Phi) is 3.61. The minimum atomic E-state index is 0.253. The molecule has 19 heavy (non-hydrogen) atoms. The molecule has 0 N–H and O–H groups in total. The van der Waals surface area contributed by atoms with Gasteiger partial charge in [0, 0.05) is 16.6 Å². The molecule has 1 aromatic carbocycles. The normalized spacial score (nSPS) is 31.7. The van der Waals surface area contributed by atoms with Crippen molar-refractivity contribution in [2.24, 2.45) is 5.92 Å². The molecule has 2 saturated carbocycles. The first-order valence-electron chi connectivity index (χ1n) is 7.61. The van der Waals surface area contributed by atoms with Crippen LogP contribution in [0.5, 0.6) is 0 Å². The van der Waals surface area contributed by atoms with E-state index >= 15 is 0 Å². The summed E-state index contributed by atoms with van der Waals surface area (Å²) in [6.07, 6.45) is 8.07. The van der Waals surface area contributed by atoms with E-state index in [1.165, 1.54) is 44.1 Å². The number of benzene rings is 1. The Morgan fingerprint density at radius 2 is 1.84 bits per heavy atom. The molecule has 3 rings (SSSR count). The molecule has 0 aromatic heterocycles. The van der Waals surface area contributed by atoms with E-state index in [1.54, 1.807) is 0 Å². The van der Waals surface area contributed by atoms with Crippen LogP contribution in [0, 0.1) is 5.92 Å². The molecule has 1 aromatic rings. The van der Waals surface area contributed by atoms with E-state index < -0.39 is 0 Å². The van der Waals surface area contributed by atoms with Crippen LogP contribution in [0.25, 0.3) is 0 Å². The highest BCUT2D eigenvalue weighted by Gasteiger charge is 2.45. The predicted molar refractivity (Wildman–Crippen MR) is 81.5 cm³/mol. The fourth-order valence-electron chi connectivity index (χ4n) is 3.88. The molecule has 0 spiro atoms. The van der Waals surface area contributed by atoms with Crippen molar-refractivity contribution in [3.63, 3.8) is 0 Å². The first-order valence-corrected chi connectivity index (χ1v) is 7.98. The summed E-state index contributed by atoms with van der Waals surface area (Å²) in [5.41, 5.74) is 1.72. The van der Waals surface area contributed by atoms with Gasteiger partial charge in [-0.1, -0.05) is 43.5 Å². The minimum absolute atomic E-state index is 0.253. The standard InChI is InChI=1S/C17H24ClN/c1-13-4-3-11-17(12-13,19(2)16-9-10-16)14-5-7-15(18)8-6-14/h5-8,13,16H,3-4,9-12H2,1-2H3. The van der Waals surface area contributed by atoms with E-state index in [2.05, 4.69) is 43.1 Å². The predicted octanol–water partition coefficient (Wildman–Crippen LogP) is 4.84. The molecule has 2 aliphatic carbocycles. The Hall–Kier alpha value is -0.530. The van der Waals surface area contributed by atoms with Crippen molar-refractivity contribution < 1.29 is 0 Å². The minimum Gasteiger partial charge on any atom is -0.294 e. The number of hydrogen-bond donors (Lipinski definition) is 0. The van der Waals surface area contributed by atoms with Gasteiger partial charge >= 0.3 is 0 Å². The molecule has 104 valence electrons. The second-order valence-electron chi connectivity index (χ2n) is 6.58. The van der Waals surface area contributed by atoms with Gasteiger partial charge in [0.25, 0.3) is 0 Å². The zero-order valence-electron chi connectivity index (χ0n) is 12.0.